The number of nitrogens with one attached hydrogen (secondary N) is 1. The summed E-state index contributed by atoms with van der Waals surface area (Å²) in [5, 5.41) is 15.1. The standard InChI is InChI=1S/C33H39N5O2.3ClH/c1-39-28-11-9-26(10-12-28)32-30-14-13-29(40-2)21-31(30)33(36-35-32)34-27-15-19-38(20-16-27)23-25-7-5-24(6-8-25)22-37-17-3-4-18-37;;;/h5-14,21,27H,3-4,15-20,22-23H2,1-2H3,(H,34,36);3*1H. The Morgan fingerprint density at radius 1 is 0.674 bits per heavy atom. The lowest BCUT2D eigenvalue weighted by molar-refractivity contribution is 0.211. The Bertz CT molecular complexity index is 1430. The molecule has 6 rings (SSSR count). The molecule has 1 N–H and O–H groups in total. The molecule has 43 heavy (non-hydrogen) atoms. The third kappa shape index (κ3) is 8.43. The number of likely N-dealkylation sites (tertiary alicyclic amines) is 2. The second-order valence-electron chi connectivity index (χ2n) is 11.0. The first kappa shape index (κ1) is 34.7. The summed E-state index contributed by atoms with van der Waals surface area (Å²) in [5.74, 6) is 2.45. The molecule has 0 amide bonds. The second-order valence-corrected chi connectivity index (χ2v) is 11.0. The molecule has 0 saturated carbocycles. The molecular weight excluding hydrogens is 605 g/mol. The van der Waals surface area contributed by atoms with Crippen molar-refractivity contribution in [1.29, 1.82) is 0 Å². The Hall–Kier alpha value is -2.81. The van der Waals surface area contributed by atoms with Crippen LogP contribution in [0.1, 0.15) is 36.8 Å². The lowest BCUT2D eigenvalue weighted by Gasteiger charge is -2.32. The number of hydrogen-bond donors (Lipinski definition) is 1. The average molecular weight is 647 g/mol. The van der Waals surface area contributed by atoms with E-state index in [1.54, 1.807) is 14.2 Å². The monoisotopic (exact) mass is 645 g/mol. The number of ether oxygens (including phenoxy) is 2. The number of piperidine rings is 1. The van der Waals surface area contributed by atoms with E-state index in [9.17, 15) is 0 Å². The maximum Gasteiger partial charge on any atom is 0.156 e. The number of rotatable bonds is 9. The van der Waals surface area contributed by atoms with Crippen LogP contribution in [0.15, 0.2) is 66.7 Å². The Balaban J connectivity index is 0.00000169. The van der Waals surface area contributed by atoms with Crippen LogP contribution >= 0.6 is 37.2 Å². The quantitative estimate of drug-likeness (QED) is 0.206. The van der Waals surface area contributed by atoms with Crippen LogP contribution in [0, 0.1) is 0 Å². The number of benzene rings is 3. The van der Waals surface area contributed by atoms with Crippen LogP contribution in [0.25, 0.3) is 22.0 Å². The van der Waals surface area contributed by atoms with Crippen molar-refractivity contribution in [1.82, 2.24) is 20.0 Å². The summed E-state index contributed by atoms with van der Waals surface area (Å²) in [5.41, 5.74) is 4.69. The molecular formula is C33H42Cl3N5O2. The minimum absolute atomic E-state index is 0. The third-order valence-electron chi connectivity index (χ3n) is 8.31. The molecule has 0 atom stereocenters. The predicted octanol–water partition coefficient (Wildman–Crippen LogP) is 7.25. The van der Waals surface area contributed by atoms with E-state index in [4.69, 9.17) is 9.47 Å². The first-order valence-electron chi connectivity index (χ1n) is 14.5. The van der Waals surface area contributed by atoms with E-state index in [0.29, 0.717) is 6.04 Å². The van der Waals surface area contributed by atoms with Gasteiger partial charge in [0.1, 0.15) is 17.2 Å². The molecule has 0 aliphatic carbocycles. The number of methoxy groups -OCH3 is 2. The number of nitrogens with zero attached hydrogens (tertiary/aromatic N) is 4. The SMILES string of the molecule is COc1ccc(-c2nnc(NC3CCN(Cc4ccc(CN5CCCC5)cc4)CC3)c3cc(OC)ccc23)cc1.Cl.Cl.Cl. The smallest absolute Gasteiger partial charge is 0.156 e. The van der Waals surface area contributed by atoms with Crippen molar-refractivity contribution in [2.75, 3.05) is 45.7 Å². The molecule has 2 saturated heterocycles. The number of hydrogen-bond acceptors (Lipinski definition) is 7. The van der Waals surface area contributed by atoms with Crippen molar-refractivity contribution in [2.45, 2.75) is 44.8 Å². The largest absolute Gasteiger partial charge is 0.497 e. The summed E-state index contributed by atoms with van der Waals surface area (Å²) < 4.78 is 10.9. The number of halogens is 3. The van der Waals surface area contributed by atoms with Crippen LogP contribution < -0.4 is 14.8 Å². The molecule has 0 spiro atoms. The molecule has 3 aromatic carbocycles. The molecule has 232 valence electrons. The lowest BCUT2D eigenvalue weighted by Crippen LogP contribution is -2.38. The Morgan fingerprint density at radius 3 is 1.81 bits per heavy atom. The maximum atomic E-state index is 5.55. The molecule has 0 unspecified atom stereocenters. The van der Waals surface area contributed by atoms with E-state index in [1.807, 2.05) is 30.3 Å². The molecule has 3 heterocycles. The zero-order valence-electron chi connectivity index (χ0n) is 24.8. The van der Waals surface area contributed by atoms with Gasteiger partial charge in [0.2, 0.25) is 0 Å². The van der Waals surface area contributed by atoms with Gasteiger partial charge in [-0.1, -0.05) is 24.3 Å². The zero-order valence-corrected chi connectivity index (χ0v) is 27.3. The van der Waals surface area contributed by atoms with Crippen LogP contribution in [0.5, 0.6) is 11.5 Å². The number of aromatic nitrogens is 2. The number of anilines is 1. The normalized spacial score (nSPS) is 15.7. The van der Waals surface area contributed by atoms with Crippen LogP contribution in [0.2, 0.25) is 0 Å². The summed E-state index contributed by atoms with van der Waals surface area (Å²) in [4.78, 5) is 5.12. The summed E-state index contributed by atoms with van der Waals surface area (Å²) in [7, 11) is 3.37. The van der Waals surface area contributed by atoms with Gasteiger partial charge in [-0.05, 0) is 92.4 Å². The highest BCUT2D eigenvalue weighted by atomic mass is 35.5. The van der Waals surface area contributed by atoms with Crippen molar-refractivity contribution in [3.8, 4) is 22.8 Å². The van der Waals surface area contributed by atoms with Gasteiger partial charge in [0.15, 0.2) is 5.82 Å². The van der Waals surface area contributed by atoms with Gasteiger partial charge >= 0.3 is 0 Å². The Kier molecular flexibility index (Phi) is 13.2. The summed E-state index contributed by atoms with van der Waals surface area (Å²) in [6.45, 7) is 6.70. The van der Waals surface area contributed by atoms with Crippen LogP contribution in [0.4, 0.5) is 5.82 Å². The molecule has 10 heteroatoms. The first-order valence-corrected chi connectivity index (χ1v) is 14.5. The zero-order chi connectivity index (χ0) is 27.3. The number of fused-ring (bicyclic) bond motifs is 1. The van der Waals surface area contributed by atoms with Gasteiger partial charge in [-0.2, -0.15) is 0 Å². The third-order valence-corrected chi connectivity index (χ3v) is 8.31. The second kappa shape index (κ2) is 16.3. The van der Waals surface area contributed by atoms with Crippen LogP contribution in [0.3, 0.4) is 0 Å². The highest BCUT2D eigenvalue weighted by Gasteiger charge is 2.22. The van der Waals surface area contributed by atoms with E-state index in [0.717, 1.165) is 78.4 Å². The lowest BCUT2D eigenvalue weighted by atomic mass is 10.0. The van der Waals surface area contributed by atoms with Crippen molar-refractivity contribution in [2.24, 2.45) is 0 Å². The fourth-order valence-electron chi connectivity index (χ4n) is 5.97. The molecule has 1 aromatic heterocycles. The van der Waals surface area contributed by atoms with Gasteiger partial charge in [-0.25, -0.2) is 0 Å². The minimum Gasteiger partial charge on any atom is -0.497 e. The van der Waals surface area contributed by atoms with Crippen molar-refractivity contribution in [3.05, 3.63) is 77.9 Å². The summed E-state index contributed by atoms with van der Waals surface area (Å²) in [6.07, 6.45) is 4.82. The highest BCUT2D eigenvalue weighted by Crippen LogP contribution is 2.34. The topological polar surface area (TPSA) is 62.8 Å². The van der Waals surface area contributed by atoms with Gasteiger partial charge in [0.25, 0.3) is 0 Å². The maximum absolute atomic E-state index is 5.55. The van der Waals surface area contributed by atoms with E-state index < -0.39 is 0 Å². The molecule has 2 aliphatic heterocycles. The first-order chi connectivity index (χ1) is 19.7. The molecule has 4 aromatic rings. The van der Waals surface area contributed by atoms with E-state index >= 15 is 0 Å². The van der Waals surface area contributed by atoms with Crippen molar-refractivity contribution in [3.63, 3.8) is 0 Å². The van der Waals surface area contributed by atoms with E-state index in [2.05, 4.69) is 61.7 Å². The summed E-state index contributed by atoms with van der Waals surface area (Å²) >= 11 is 0. The Labute approximate surface area is 273 Å². The predicted molar refractivity (Wildman–Crippen MR) is 183 cm³/mol. The van der Waals surface area contributed by atoms with Gasteiger partial charge in [-0.3, -0.25) is 9.80 Å². The van der Waals surface area contributed by atoms with Gasteiger partial charge < -0.3 is 14.8 Å². The van der Waals surface area contributed by atoms with Crippen LogP contribution in [-0.4, -0.2) is 66.4 Å². The molecule has 0 radical (unpaired) electrons. The molecule has 0 bridgehead atoms. The molecule has 7 nitrogen and oxygen atoms in total. The fraction of sp³-hybridized carbons (Fsp3) is 0.394. The van der Waals surface area contributed by atoms with Crippen LogP contribution in [-0.2, 0) is 13.1 Å². The molecule has 2 aliphatic rings. The van der Waals surface area contributed by atoms with Crippen molar-refractivity contribution < 1.29 is 9.47 Å². The highest BCUT2D eigenvalue weighted by molar-refractivity contribution is 6.00. The van der Waals surface area contributed by atoms with Gasteiger partial charge in [0.05, 0.1) is 14.2 Å². The summed E-state index contributed by atoms with van der Waals surface area (Å²) in [6, 6.07) is 23.7. The fourth-order valence-corrected chi connectivity index (χ4v) is 5.97. The molecule has 2 fully saturated rings. The van der Waals surface area contributed by atoms with Crippen molar-refractivity contribution >= 4 is 53.8 Å². The Morgan fingerprint density at radius 2 is 1.23 bits per heavy atom. The van der Waals surface area contributed by atoms with E-state index in [1.165, 1.54) is 37.1 Å². The minimum atomic E-state index is 0. The average Bonchev–Trinajstić information content (AvgIpc) is 3.52. The van der Waals surface area contributed by atoms with Gasteiger partial charge in [-0.15, -0.1) is 47.4 Å². The van der Waals surface area contributed by atoms with Gasteiger partial charge in [0, 0.05) is 48.6 Å². The van der Waals surface area contributed by atoms with E-state index in [-0.39, 0.29) is 37.2 Å².